The van der Waals surface area contributed by atoms with E-state index >= 15 is 0 Å². The lowest BCUT2D eigenvalue weighted by Gasteiger charge is -2.34. The Bertz CT molecular complexity index is 998. The molecule has 1 aromatic carbocycles. The van der Waals surface area contributed by atoms with Crippen LogP contribution in [-0.4, -0.2) is 51.8 Å². The number of benzene rings is 1. The third-order valence-electron chi connectivity index (χ3n) is 5.73. The molecule has 3 amide bonds. The molecule has 8 nitrogen and oxygen atoms in total. The van der Waals surface area contributed by atoms with Crippen LogP contribution in [0.1, 0.15) is 44.9 Å². The summed E-state index contributed by atoms with van der Waals surface area (Å²) in [6.07, 6.45) is 1.81. The normalized spacial score (nSPS) is 17.1. The number of hydrogen-bond acceptors (Lipinski definition) is 6. The molecule has 0 saturated carbocycles. The number of nitrogens with one attached hydrogen (secondary N) is 2. The van der Waals surface area contributed by atoms with Crippen molar-refractivity contribution in [3.63, 3.8) is 0 Å². The van der Waals surface area contributed by atoms with Crippen molar-refractivity contribution in [3.05, 3.63) is 35.0 Å². The summed E-state index contributed by atoms with van der Waals surface area (Å²) in [5, 5.41) is 15.9. The van der Waals surface area contributed by atoms with Crippen molar-refractivity contribution in [3.8, 4) is 16.2 Å². The molecule has 1 saturated heterocycles. The minimum Gasteiger partial charge on any atom is -0.508 e. The topological polar surface area (TPSA) is 112 Å². The molecule has 9 heteroatoms. The summed E-state index contributed by atoms with van der Waals surface area (Å²) in [5.74, 6) is -0.427. The minimum absolute atomic E-state index is 0.0953. The van der Waals surface area contributed by atoms with Gasteiger partial charge in [-0.2, -0.15) is 0 Å². The number of carbonyl (C=O) groups is 3. The molecule has 32 heavy (non-hydrogen) atoms. The van der Waals surface area contributed by atoms with Crippen molar-refractivity contribution in [2.24, 2.45) is 5.41 Å². The number of phenolic OH excluding ortho intramolecular Hbond substituents is 1. The van der Waals surface area contributed by atoms with Crippen molar-refractivity contribution in [1.82, 2.24) is 20.5 Å². The van der Waals surface area contributed by atoms with Gasteiger partial charge >= 0.3 is 0 Å². The second kappa shape index (κ2) is 9.68. The maximum Gasteiger partial charge on any atom is 0.246 e. The van der Waals surface area contributed by atoms with E-state index in [4.69, 9.17) is 0 Å². The second-order valence-electron chi connectivity index (χ2n) is 9.10. The van der Waals surface area contributed by atoms with Crippen LogP contribution in [0.15, 0.2) is 23.7 Å². The Kier molecular flexibility index (Phi) is 7.18. The molecule has 1 fully saturated rings. The largest absolute Gasteiger partial charge is 0.508 e. The first-order chi connectivity index (χ1) is 15.1. The number of carbonyl (C=O) groups excluding carboxylic acids is 3. The fourth-order valence-electron chi connectivity index (χ4n) is 3.96. The molecule has 0 aliphatic carbocycles. The van der Waals surface area contributed by atoms with Crippen LogP contribution in [0, 0.1) is 12.3 Å². The first-order valence-electron chi connectivity index (χ1n) is 10.6. The number of likely N-dealkylation sites (tertiary alicyclic amines) is 1. The Balaban J connectivity index is 1.67. The third-order valence-corrected chi connectivity index (χ3v) is 6.71. The van der Waals surface area contributed by atoms with Crippen LogP contribution >= 0.6 is 11.3 Å². The van der Waals surface area contributed by atoms with Crippen molar-refractivity contribution < 1.29 is 19.5 Å². The van der Waals surface area contributed by atoms with E-state index in [1.165, 1.54) is 11.3 Å². The van der Waals surface area contributed by atoms with Crippen LogP contribution in [0.5, 0.6) is 5.75 Å². The van der Waals surface area contributed by atoms with E-state index in [1.54, 1.807) is 22.5 Å². The van der Waals surface area contributed by atoms with Crippen LogP contribution in [0.25, 0.3) is 10.4 Å². The number of thiazole rings is 1. The zero-order chi connectivity index (χ0) is 23.5. The zero-order valence-corrected chi connectivity index (χ0v) is 19.7. The maximum atomic E-state index is 13.1. The van der Waals surface area contributed by atoms with Gasteiger partial charge in [-0.05, 0) is 36.8 Å². The van der Waals surface area contributed by atoms with E-state index in [9.17, 15) is 19.5 Å². The first-order valence-corrected chi connectivity index (χ1v) is 11.5. The number of amides is 3. The van der Waals surface area contributed by atoms with Crippen LogP contribution in [-0.2, 0) is 20.9 Å². The van der Waals surface area contributed by atoms with E-state index in [2.05, 4.69) is 15.6 Å². The number of hydrogen-bond donors (Lipinski definition) is 3. The van der Waals surface area contributed by atoms with Gasteiger partial charge in [0.25, 0.3) is 0 Å². The molecular weight excluding hydrogens is 428 g/mol. The van der Waals surface area contributed by atoms with Gasteiger partial charge in [-0.25, -0.2) is 4.98 Å². The zero-order valence-electron chi connectivity index (χ0n) is 18.8. The summed E-state index contributed by atoms with van der Waals surface area (Å²) < 4.78 is 0. The molecular formula is C23H30N4O4S. The Hall–Kier alpha value is -2.94. The third kappa shape index (κ3) is 5.09. The van der Waals surface area contributed by atoms with Gasteiger partial charge in [0.1, 0.15) is 17.8 Å². The molecule has 2 heterocycles. The quantitative estimate of drug-likeness (QED) is 0.552. The van der Waals surface area contributed by atoms with Crippen LogP contribution < -0.4 is 10.6 Å². The molecule has 3 rings (SSSR count). The molecule has 3 N–H and O–H groups in total. The lowest BCUT2D eigenvalue weighted by Crippen LogP contribution is -2.56. The molecule has 1 aliphatic rings. The Morgan fingerprint density at radius 2 is 2.12 bits per heavy atom. The molecule has 2 atom stereocenters. The number of aromatic hydroxyl groups is 1. The lowest BCUT2D eigenvalue weighted by atomic mass is 9.85. The highest BCUT2D eigenvalue weighted by molar-refractivity contribution is 7.13. The number of nitrogens with zero attached hydrogens (tertiary/aromatic N) is 2. The van der Waals surface area contributed by atoms with E-state index in [-0.39, 0.29) is 24.1 Å². The number of aromatic nitrogens is 1. The molecule has 172 valence electrons. The number of phenols is 1. The smallest absolute Gasteiger partial charge is 0.246 e. The number of aryl methyl sites for hydroxylation is 1. The molecule has 2 unspecified atom stereocenters. The molecule has 0 spiro atoms. The molecule has 1 aliphatic heterocycles. The molecule has 1 aromatic heterocycles. The highest BCUT2D eigenvalue weighted by Gasteiger charge is 2.40. The van der Waals surface area contributed by atoms with Gasteiger partial charge in [-0.15, -0.1) is 11.3 Å². The second-order valence-corrected chi connectivity index (χ2v) is 9.96. The average Bonchev–Trinajstić information content (AvgIpc) is 3.38. The summed E-state index contributed by atoms with van der Waals surface area (Å²) in [6, 6.07) is 4.05. The van der Waals surface area contributed by atoms with Crippen LogP contribution in [0.2, 0.25) is 0 Å². The van der Waals surface area contributed by atoms with Crippen molar-refractivity contribution in [2.75, 3.05) is 6.54 Å². The lowest BCUT2D eigenvalue weighted by molar-refractivity contribution is -0.142. The van der Waals surface area contributed by atoms with Gasteiger partial charge in [0, 0.05) is 18.7 Å². The maximum absolute atomic E-state index is 13.1. The summed E-state index contributed by atoms with van der Waals surface area (Å²) >= 11 is 1.51. The minimum atomic E-state index is -0.708. The van der Waals surface area contributed by atoms with Gasteiger partial charge in [0.2, 0.25) is 18.2 Å². The fourth-order valence-corrected chi connectivity index (χ4v) is 4.76. The van der Waals surface area contributed by atoms with Gasteiger partial charge < -0.3 is 20.6 Å². The van der Waals surface area contributed by atoms with E-state index in [1.807, 2.05) is 33.8 Å². The Morgan fingerprint density at radius 3 is 2.72 bits per heavy atom. The van der Waals surface area contributed by atoms with E-state index in [0.29, 0.717) is 24.9 Å². The van der Waals surface area contributed by atoms with E-state index in [0.717, 1.165) is 22.6 Å². The van der Waals surface area contributed by atoms with Crippen molar-refractivity contribution in [2.45, 2.75) is 59.2 Å². The van der Waals surface area contributed by atoms with Crippen LogP contribution in [0.3, 0.4) is 0 Å². The van der Waals surface area contributed by atoms with Crippen LogP contribution in [0.4, 0.5) is 0 Å². The van der Waals surface area contributed by atoms with Crippen molar-refractivity contribution in [1.29, 1.82) is 0 Å². The van der Waals surface area contributed by atoms with Gasteiger partial charge in [-0.3, -0.25) is 14.4 Å². The number of rotatable bonds is 7. The summed E-state index contributed by atoms with van der Waals surface area (Å²) in [5.41, 5.74) is 3.65. The Morgan fingerprint density at radius 1 is 1.38 bits per heavy atom. The standard InChI is InChI=1S/C23H30N4O4S/c1-14-19(32-13-26-14)15-7-8-16(18(29)10-15)11-24-21(30)17-6-5-9-27(17)22(31)20(25-12-28)23(2,3)4/h7-8,10,12-13,17,20,29H,5-6,9,11H2,1-4H3,(H,24,30)(H,25,28). The summed E-state index contributed by atoms with van der Waals surface area (Å²) in [4.78, 5) is 43.8. The summed E-state index contributed by atoms with van der Waals surface area (Å²) in [6.45, 7) is 8.16. The average molecular weight is 459 g/mol. The Labute approximate surface area is 192 Å². The fraction of sp³-hybridized carbons (Fsp3) is 0.478. The first kappa shape index (κ1) is 23.7. The molecule has 2 aromatic rings. The predicted molar refractivity (Wildman–Crippen MR) is 123 cm³/mol. The summed E-state index contributed by atoms with van der Waals surface area (Å²) in [7, 11) is 0. The predicted octanol–water partition coefficient (Wildman–Crippen LogP) is 2.59. The van der Waals surface area contributed by atoms with Gasteiger partial charge in [0.05, 0.1) is 16.1 Å². The van der Waals surface area contributed by atoms with Crippen molar-refractivity contribution >= 4 is 29.6 Å². The highest BCUT2D eigenvalue weighted by Crippen LogP contribution is 2.31. The molecule has 0 radical (unpaired) electrons. The SMILES string of the molecule is Cc1ncsc1-c1ccc(CNC(=O)C2CCCN2C(=O)C(NC=O)C(C)(C)C)c(O)c1. The highest BCUT2D eigenvalue weighted by atomic mass is 32.1. The van der Waals surface area contributed by atoms with Gasteiger partial charge in [0.15, 0.2) is 0 Å². The van der Waals surface area contributed by atoms with Gasteiger partial charge in [-0.1, -0.05) is 32.9 Å². The molecule has 0 bridgehead atoms. The monoisotopic (exact) mass is 458 g/mol. The van der Waals surface area contributed by atoms with E-state index < -0.39 is 17.5 Å².